The Morgan fingerprint density at radius 3 is 2.70 bits per heavy atom. The summed E-state index contributed by atoms with van der Waals surface area (Å²) in [7, 11) is 0. The number of rotatable bonds is 3. The Morgan fingerprint density at radius 2 is 2.05 bits per heavy atom. The van der Waals surface area contributed by atoms with Gasteiger partial charge in [-0.15, -0.1) is 0 Å². The molecule has 1 aliphatic rings. The van der Waals surface area contributed by atoms with Crippen molar-refractivity contribution in [3.05, 3.63) is 59.2 Å². The number of hydrogen-bond acceptors (Lipinski definition) is 3. The zero-order valence-corrected chi connectivity index (χ0v) is 11.5. The van der Waals surface area contributed by atoms with Crippen LogP contribution in [0.15, 0.2) is 48.1 Å². The van der Waals surface area contributed by atoms with Crippen LogP contribution in [0.1, 0.15) is 29.8 Å². The Morgan fingerprint density at radius 1 is 1.35 bits per heavy atom. The summed E-state index contributed by atoms with van der Waals surface area (Å²) in [5, 5.41) is 8.42. The minimum Gasteiger partial charge on any atom is -0.293 e. The highest BCUT2D eigenvalue weighted by Gasteiger charge is 2.39. The largest absolute Gasteiger partial charge is 0.293 e. The van der Waals surface area contributed by atoms with Crippen molar-refractivity contribution in [2.75, 3.05) is 0 Å². The summed E-state index contributed by atoms with van der Waals surface area (Å²) in [6, 6.07) is 7.61. The molecule has 0 aliphatic heterocycles. The average molecular weight is 271 g/mol. The van der Waals surface area contributed by atoms with E-state index in [2.05, 4.69) is 0 Å². The van der Waals surface area contributed by atoms with Crippen LogP contribution >= 0.6 is 0 Å². The van der Waals surface area contributed by atoms with E-state index in [0.717, 1.165) is 16.7 Å². The number of ketones is 1. The molecule has 1 aromatic rings. The van der Waals surface area contributed by atoms with Crippen molar-refractivity contribution >= 4 is 11.7 Å². The Bertz CT molecular complexity index is 616. The van der Waals surface area contributed by atoms with Gasteiger partial charge in [0.05, 0.1) is 5.41 Å². The number of carbonyl (C=O) groups excluding carboxylic acids is 2. The third-order valence-corrected chi connectivity index (χ3v) is 3.49. The first-order valence-corrected chi connectivity index (χ1v) is 6.40. The van der Waals surface area contributed by atoms with Crippen LogP contribution in [-0.2, 0) is 11.2 Å². The molecule has 4 nitrogen and oxygen atoms in total. The molecule has 104 valence electrons. The second-order valence-corrected chi connectivity index (χ2v) is 5.28. The van der Waals surface area contributed by atoms with Gasteiger partial charge in [-0.2, -0.15) is 0 Å². The summed E-state index contributed by atoms with van der Waals surface area (Å²) in [6.45, 7) is 3.72. The van der Waals surface area contributed by atoms with Crippen molar-refractivity contribution < 1.29 is 14.8 Å². The van der Waals surface area contributed by atoms with Gasteiger partial charge in [-0.25, -0.2) is 5.48 Å². The topological polar surface area (TPSA) is 66.4 Å². The van der Waals surface area contributed by atoms with E-state index in [1.54, 1.807) is 6.08 Å². The lowest BCUT2D eigenvalue weighted by Gasteiger charge is -2.17. The Balaban J connectivity index is 2.24. The quantitative estimate of drug-likeness (QED) is 0.384. The lowest BCUT2D eigenvalue weighted by molar-refractivity contribution is -0.124. The Labute approximate surface area is 117 Å². The maximum Gasteiger partial charge on any atom is 0.267 e. The third kappa shape index (κ3) is 2.70. The van der Waals surface area contributed by atoms with E-state index in [1.165, 1.54) is 11.6 Å². The molecule has 1 unspecified atom stereocenters. The molecule has 1 atom stereocenters. The number of carbonyl (C=O) groups is 2. The highest BCUT2D eigenvalue weighted by Crippen LogP contribution is 2.38. The van der Waals surface area contributed by atoms with E-state index in [4.69, 9.17) is 5.21 Å². The number of amides is 1. The van der Waals surface area contributed by atoms with Gasteiger partial charge in [-0.05, 0) is 25.8 Å². The van der Waals surface area contributed by atoms with Crippen LogP contribution < -0.4 is 5.48 Å². The van der Waals surface area contributed by atoms with E-state index in [9.17, 15) is 9.59 Å². The smallest absolute Gasteiger partial charge is 0.267 e. The minimum absolute atomic E-state index is 0.104. The van der Waals surface area contributed by atoms with E-state index in [0.29, 0.717) is 6.42 Å². The van der Waals surface area contributed by atoms with Gasteiger partial charge in [-0.3, -0.25) is 14.8 Å². The summed E-state index contributed by atoms with van der Waals surface area (Å²) < 4.78 is 0. The van der Waals surface area contributed by atoms with Gasteiger partial charge in [0.1, 0.15) is 0 Å². The molecular weight excluding hydrogens is 254 g/mol. The fourth-order valence-electron chi connectivity index (χ4n) is 2.59. The highest BCUT2D eigenvalue weighted by molar-refractivity contribution is 6.06. The number of fused-ring (bicyclic) bond motifs is 1. The lowest BCUT2D eigenvalue weighted by atomic mass is 9.84. The van der Waals surface area contributed by atoms with Crippen molar-refractivity contribution in [3.63, 3.8) is 0 Å². The van der Waals surface area contributed by atoms with Crippen molar-refractivity contribution in [1.82, 2.24) is 5.48 Å². The lowest BCUT2D eigenvalue weighted by Crippen LogP contribution is -2.21. The Kier molecular flexibility index (Phi) is 3.86. The average Bonchev–Trinajstić information content (AvgIpc) is 2.68. The summed E-state index contributed by atoms with van der Waals surface area (Å²) in [5.74, 6) is -0.489. The van der Waals surface area contributed by atoms with Crippen molar-refractivity contribution in [3.8, 4) is 0 Å². The zero-order chi connectivity index (χ0) is 14.8. The molecule has 0 heterocycles. The maximum absolute atomic E-state index is 12.5. The first kappa shape index (κ1) is 14.2. The maximum atomic E-state index is 12.5. The first-order chi connectivity index (χ1) is 9.46. The van der Waals surface area contributed by atoms with Gasteiger partial charge >= 0.3 is 0 Å². The molecule has 0 radical (unpaired) electrons. The Hall–Kier alpha value is -2.20. The van der Waals surface area contributed by atoms with Gasteiger partial charge in [0.25, 0.3) is 5.91 Å². The number of hydroxylamine groups is 1. The van der Waals surface area contributed by atoms with Crippen LogP contribution in [0.2, 0.25) is 0 Å². The van der Waals surface area contributed by atoms with Crippen LogP contribution in [0, 0.1) is 5.41 Å². The SMILES string of the molecule is CC(/C=C/C(=O)NO)=C\C1(C)Cc2ccccc2C1=O. The van der Waals surface area contributed by atoms with E-state index in [1.807, 2.05) is 44.2 Å². The van der Waals surface area contributed by atoms with Crippen LogP contribution in [0.3, 0.4) is 0 Å². The summed E-state index contributed by atoms with van der Waals surface area (Å²) in [6.07, 6.45) is 5.34. The van der Waals surface area contributed by atoms with Crippen LogP contribution in [0.4, 0.5) is 0 Å². The van der Waals surface area contributed by atoms with Gasteiger partial charge in [0.2, 0.25) is 0 Å². The molecule has 0 bridgehead atoms. The number of hydrogen-bond donors (Lipinski definition) is 2. The summed E-state index contributed by atoms with van der Waals surface area (Å²) >= 11 is 0. The molecule has 0 saturated heterocycles. The summed E-state index contributed by atoms with van der Waals surface area (Å²) in [4.78, 5) is 23.4. The van der Waals surface area contributed by atoms with Gasteiger partial charge in [0.15, 0.2) is 5.78 Å². The van der Waals surface area contributed by atoms with Gasteiger partial charge in [0, 0.05) is 11.6 Å². The predicted octanol–water partition coefficient (Wildman–Crippen LogP) is 2.44. The van der Waals surface area contributed by atoms with Crippen LogP contribution in [0.25, 0.3) is 0 Å². The molecule has 1 aromatic carbocycles. The van der Waals surface area contributed by atoms with Gasteiger partial charge < -0.3 is 0 Å². The molecule has 2 rings (SSSR count). The van der Waals surface area contributed by atoms with Crippen molar-refractivity contribution in [2.24, 2.45) is 5.41 Å². The molecule has 0 saturated carbocycles. The van der Waals surface area contributed by atoms with E-state index >= 15 is 0 Å². The second kappa shape index (κ2) is 5.43. The normalized spacial score (nSPS) is 22.1. The fourth-order valence-corrected chi connectivity index (χ4v) is 2.59. The number of nitrogens with one attached hydrogen (secondary N) is 1. The molecule has 4 heteroatoms. The molecular formula is C16H17NO3. The third-order valence-electron chi connectivity index (χ3n) is 3.49. The monoisotopic (exact) mass is 271 g/mol. The second-order valence-electron chi connectivity index (χ2n) is 5.28. The summed E-state index contributed by atoms with van der Waals surface area (Å²) in [5.41, 5.74) is 3.58. The van der Waals surface area contributed by atoms with E-state index in [-0.39, 0.29) is 5.78 Å². The number of benzene rings is 1. The van der Waals surface area contributed by atoms with E-state index < -0.39 is 11.3 Å². The highest BCUT2D eigenvalue weighted by atomic mass is 16.5. The molecule has 20 heavy (non-hydrogen) atoms. The number of Topliss-reactive ketones (excluding diaryl/α,β-unsaturated/α-hetero) is 1. The first-order valence-electron chi connectivity index (χ1n) is 6.40. The molecule has 0 aromatic heterocycles. The molecule has 1 amide bonds. The zero-order valence-electron chi connectivity index (χ0n) is 11.5. The molecule has 0 spiro atoms. The fraction of sp³-hybridized carbons (Fsp3) is 0.250. The standard InChI is InChI=1S/C16H17NO3/c1-11(7-8-14(18)17-20)9-16(2)10-12-5-3-4-6-13(12)15(16)19/h3-9,20H,10H2,1-2H3,(H,17,18)/b8-7+,11-9+. The van der Waals surface area contributed by atoms with Gasteiger partial charge in [-0.1, -0.05) is 42.0 Å². The molecule has 2 N–H and O–H groups in total. The molecule has 1 aliphatic carbocycles. The van der Waals surface area contributed by atoms with Crippen LogP contribution in [-0.4, -0.2) is 16.9 Å². The predicted molar refractivity (Wildman–Crippen MR) is 75.4 cm³/mol. The number of allylic oxidation sites excluding steroid dienone is 3. The van der Waals surface area contributed by atoms with Crippen molar-refractivity contribution in [1.29, 1.82) is 0 Å². The van der Waals surface area contributed by atoms with Crippen LogP contribution in [0.5, 0.6) is 0 Å². The minimum atomic E-state index is -0.594. The van der Waals surface area contributed by atoms with Crippen molar-refractivity contribution in [2.45, 2.75) is 20.3 Å². The molecule has 0 fully saturated rings.